The first-order chi connectivity index (χ1) is 25.7. The summed E-state index contributed by atoms with van der Waals surface area (Å²) in [5.74, 6) is 0.496. The molecular weight excluding hydrogens is 683 g/mol. The van der Waals surface area contributed by atoms with Gasteiger partial charge in [0.15, 0.2) is 0 Å². The number of methoxy groups -OCH3 is 2. The van der Waals surface area contributed by atoms with E-state index in [0.29, 0.717) is 17.1 Å². The Morgan fingerprint density at radius 3 is 1.68 bits per heavy atom. The van der Waals surface area contributed by atoms with E-state index in [9.17, 15) is 9.59 Å². The Labute approximate surface area is 312 Å². The highest BCUT2D eigenvalue weighted by Gasteiger charge is 2.55. The molecule has 0 bridgehead atoms. The third kappa shape index (κ3) is 8.22. The molecule has 5 aromatic carbocycles. The number of amides is 1. The number of likely N-dealkylation sites (tertiary alicyclic amines) is 1. The maximum atomic E-state index is 14.5. The number of carbonyl (C=O) groups is 2. The molecule has 272 valence electrons. The first-order valence-corrected chi connectivity index (χ1v) is 20.0. The Morgan fingerprint density at radius 1 is 0.736 bits per heavy atom. The van der Waals surface area contributed by atoms with E-state index in [1.165, 1.54) is 0 Å². The van der Waals surface area contributed by atoms with Gasteiger partial charge >= 0.3 is 6.16 Å². The van der Waals surface area contributed by atoms with E-state index < -0.39 is 38.6 Å². The maximum Gasteiger partial charge on any atom is 0.508 e. The number of hydrogen-bond acceptors (Lipinski definition) is 7. The van der Waals surface area contributed by atoms with Crippen LogP contribution < -0.4 is 19.8 Å². The third-order valence-corrected chi connectivity index (χ3v) is 13.5. The van der Waals surface area contributed by atoms with Crippen LogP contribution in [-0.2, 0) is 25.3 Å². The first-order valence-electron chi connectivity index (χ1n) is 17.6. The number of rotatable bonds is 15. The number of hydrogen-bond donors (Lipinski definition) is 0. The largest absolute Gasteiger partial charge is 0.508 e. The lowest BCUT2D eigenvalue weighted by Crippen LogP contribution is -2.67. The van der Waals surface area contributed by atoms with Crippen LogP contribution in [0.25, 0.3) is 0 Å². The smallest absolute Gasteiger partial charge is 0.497 e. The van der Waals surface area contributed by atoms with E-state index in [0.717, 1.165) is 27.1 Å². The molecule has 1 saturated heterocycles. The van der Waals surface area contributed by atoms with Gasteiger partial charge in [0.25, 0.3) is 8.32 Å². The number of ether oxygens (including phenoxy) is 4. The molecular formula is C44H45NO7Si. The van der Waals surface area contributed by atoms with Gasteiger partial charge in [0.1, 0.15) is 24.2 Å². The van der Waals surface area contributed by atoms with Gasteiger partial charge in [-0.15, -0.1) is 0 Å². The maximum absolute atomic E-state index is 14.5. The second-order valence-electron chi connectivity index (χ2n) is 13.2. The van der Waals surface area contributed by atoms with E-state index in [2.05, 4.69) is 37.4 Å². The van der Waals surface area contributed by atoms with Crippen molar-refractivity contribution in [2.45, 2.75) is 38.3 Å². The Kier molecular flexibility index (Phi) is 11.8. The van der Waals surface area contributed by atoms with Gasteiger partial charge in [-0.25, -0.2) is 4.79 Å². The zero-order chi connectivity index (χ0) is 37.4. The van der Waals surface area contributed by atoms with Crippen molar-refractivity contribution in [1.29, 1.82) is 0 Å². The average Bonchev–Trinajstić information content (AvgIpc) is 3.21. The minimum atomic E-state index is -2.73. The summed E-state index contributed by atoms with van der Waals surface area (Å²) >= 11 is 0. The van der Waals surface area contributed by atoms with Crippen LogP contribution in [0.4, 0.5) is 4.79 Å². The van der Waals surface area contributed by atoms with Gasteiger partial charge in [-0.05, 0) is 70.4 Å². The number of nitrogens with zero attached hydrogens (tertiary/aromatic N) is 1. The molecule has 0 N–H and O–H groups in total. The molecule has 1 aliphatic heterocycles. The van der Waals surface area contributed by atoms with Crippen molar-refractivity contribution in [2.75, 3.05) is 20.8 Å². The fraction of sp³-hybridized carbons (Fsp3) is 0.227. The van der Waals surface area contributed by atoms with Gasteiger partial charge in [-0.2, -0.15) is 0 Å². The molecule has 9 heteroatoms. The van der Waals surface area contributed by atoms with E-state index in [1.807, 2.05) is 120 Å². The summed E-state index contributed by atoms with van der Waals surface area (Å²) < 4.78 is 29.1. The predicted molar refractivity (Wildman–Crippen MR) is 208 cm³/mol. The van der Waals surface area contributed by atoms with Crippen LogP contribution in [0, 0.1) is 5.92 Å². The van der Waals surface area contributed by atoms with Gasteiger partial charge in [0.2, 0.25) is 5.91 Å². The lowest BCUT2D eigenvalue weighted by atomic mass is 9.76. The fourth-order valence-electron chi connectivity index (χ4n) is 6.96. The van der Waals surface area contributed by atoms with Crippen molar-refractivity contribution >= 4 is 30.8 Å². The van der Waals surface area contributed by atoms with E-state index in [-0.39, 0.29) is 19.1 Å². The van der Waals surface area contributed by atoms with Gasteiger partial charge in [-0.3, -0.25) is 4.79 Å². The molecule has 1 aliphatic rings. The van der Waals surface area contributed by atoms with Crippen molar-refractivity contribution < 1.29 is 33.0 Å². The lowest BCUT2D eigenvalue weighted by molar-refractivity contribution is -0.165. The number of benzene rings is 5. The molecule has 0 saturated carbocycles. The molecule has 8 nitrogen and oxygen atoms in total. The van der Waals surface area contributed by atoms with Crippen LogP contribution in [0.3, 0.4) is 0 Å². The summed E-state index contributed by atoms with van der Waals surface area (Å²) in [6.45, 7) is 8.70. The van der Waals surface area contributed by atoms with Gasteiger partial charge in [0, 0.05) is 0 Å². The highest BCUT2D eigenvalue weighted by Crippen LogP contribution is 2.45. The Bertz CT molecular complexity index is 1890. The minimum absolute atomic E-state index is 0.0559. The Hall–Kier alpha value is -5.64. The van der Waals surface area contributed by atoms with Crippen molar-refractivity contribution in [3.63, 3.8) is 0 Å². The van der Waals surface area contributed by atoms with Crippen LogP contribution in [0.15, 0.2) is 152 Å². The van der Waals surface area contributed by atoms with E-state index in [1.54, 1.807) is 21.1 Å². The molecule has 0 spiro atoms. The molecule has 1 amide bonds. The summed E-state index contributed by atoms with van der Waals surface area (Å²) in [5, 5.41) is 2.23. The second-order valence-corrected chi connectivity index (χ2v) is 16.7. The number of β-lactam (4-membered cyclic amide) rings is 1. The molecule has 5 aromatic rings. The monoisotopic (exact) mass is 727 g/mol. The molecule has 0 aromatic heterocycles. The topological polar surface area (TPSA) is 83.5 Å². The standard InChI is InChI=1S/C44H45NO7Si/c1-31(29-51-53(5,38-17-11-7-12-18-38)39-19-13-8-14-20-39)41-40(32(2)52-44(47)50-30-33-15-9-6-10-16-33)43(46)45(41)42(34-21-25-36(48-3)26-22-34)35-23-27-37(49-4)28-24-35/h6-28,32,40-42H,1,29-30H2,2-5H3/t32-,40-,41-/m1/s1. The summed E-state index contributed by atoms with van der Waals surface area (Å²) in [4.78, 5) is 29.3. The van der Waals surface area contributed by atoms with Crippen molar-refractivity contribution in [3.8, 4) is 11.5 Å². The quantitative estimate of drug-likeness (QED) is 0.0484. The van der Waals surface area contributed by atoms with Crippen LogP contribution in [0.2, 0.25) is 6.55 Å². The van der Waals surface area contributed by atoms with Gasteiger partial charge < -0.3 is 28.3 Å². The average molecular weight is 728 g/mol. The van der Waals surface area contributed by atoms with Crippen LogP contribution in [0.1, 0.15) is 29.7 Å². The summed E-state index contributed by atoms with van der Waals surface area (Å²) in [7, 11) is 0.508. The van der Waals surface area contributed by atoms with Crippen molar-refractivity contribution in [3.05, 3.63) is 168 Å². The van der Waals surface area contributed by atoms with Crippen LogP contribution >= 0.6 is 0 Å². The zero-order valence-corrected chi connectivity index (χ0v) is 31.5. The SMILES string of the molecule is C=C(CO[Si](C)(c1ccccc1)c1ccccc1)[C@@H]1[C@@H]([C@@H](C)OC(=O)OCc2ccccc2)C(=O)N1C(c1ccc(OC)cc1)c1ccc(OC)cc1. The van der Waals surface area contributed by atoms with Crippen molar-refractivity contribution in [2.24, 2.45) is 5.92 Å². The lowest BCUT2D eigenvalue weighted by Gasteiger charge is -2.53. The van der Waals surface area contributed by atoms with Crippen LogP contribution in [-0.4, -0.2) is 58.3 Å². The first kappa shape index (κ1) is 37.1. The van der Waals surface area contributed by atoms with E-state index in [4.69, 9.17) is 23.4 Å². The molecule has 0 radical (unpaired) electrons. The third-order valence-electron chi connectivity index (χ3n) is 9.92. The highest BCUT2D eigenvalue weighted by molar-refractivity contribution is 6.96. The summed E-state index contributed by atoms with van der Waals surface area (Å²) in [6.07, 6.45) is -1.66. The molecule has 1 heterocycles. The Morgan fingerprint density at radius 2 is 1.21 bits per heavy atom. The summed E-state index contributed by atoms with van der Waals surface area (Å²) in [6, 6.07) is 44.2. The minimum Gasteiger partial charge on any atom is -0.497 e. The Balaban J connectivity index is 1.33. The molecule has 0 unspecified atom stereocenters. The molecule has 6 rings (SSSR count). The molecule has 1 fully saturated rings. The fourth-order valence-corrected chi connectivity index (χ4v) is 9.76. The van der Waals surface area contributed by atoms with E-state index >= 15 is 0 Å². The van der Waals surface area contributed by atoms with Gasteiger partial charge in [-0.1, -0.05) is 122 Å². The van der Waals surface area contributed by atoms with Crippen LogP contribution in [0.5, 0.6) is 11.5 Å². The molecule has 0 aliphatic carbocycles. The summed E-state index contributed by atoms with van der Waals surface area (Å²) in [5.41, 5.74) is 3.29. The second kappa shape index (κ2) is 16.8. The highest BCUT2D eigenvalue weighted by atomic mass is 28.4. The predicted octanol–water partition coefficient (Wildman–Crippen LogP) is 7.32. The van der Waals surface area contributed by atoms with Crippen molar-refractivity contribution in [1.82, 2.24) is 4.90 Å². The zero-order valence-electron chi connectivity index (χ0n) is 30.5. The molecule has 3 atom stereocenters. The number of carbonyl (C=O) groups excluding carboxylic acids is 2. The normalized spacial score (nSPS) is 16.0. The molecule has 53 heavy (non-hydrogen) atoms. The van der Waals surface area contributed by atoms with Gasteiger partial charge in [0.05, 0.1) is 38.8 Å².